The smallest absolute Gasteiger partial charge is 0.262 e. The van der Waals surface area contributed by atoms with E-state index >= 15 is 0 Å². The van der Waals surface area contributed by atoms with E-state index in [1.165, 1.54) is 12.1 Å². The molecule has 0 radical (unpaired) electrons. The monoisotopic (exact) mass is 253 g/mol. The van der Waals surface area contributed by atoms with Gasteiger partial charge in [0.25, 0.3) is 0 Å². The van der Waals surface area contributed by atoms with E-state index in [4.69, 9.17) is 0 Å². The molecule has 0 atom stereocenters. The summed E-state index contributed by atoms with van der Waals surface area (Å²) in [4.78, 5) is 0. The molecule has 0 bridgehead atoms. The van der Waals surface area contributed by atoms with E-state index in [1.54, 1.807) is 18.2 Å². The number of oxime groups is 1. The molecule has 0 aliphatic rings. The van der Waals surface area contributed by atoms with E-state index in [9.17, 15) is 21.6 Å². The second kappa shape index (κ2) is 4.52. The Hall–Kier alpha value is -1.57. The molecule has 0 fully saturated rings. The molecule has 0 aliphatic carbocycles. The first-order chi connectivity index (χ1) is 7.33. The summed E-state index contributed by atoms with van der Waals surface area (Å²) < 4.78 is 59.5. The summed E-state index contributed by atoms with van der Waals surface area (Å²) in [5, 5.41) is 2.75. The Balaban J connectivity index is 2.70. The van der Waals surface area contributed by atoms with E-state index in [0.717, 1.165) is 6.21 Å². The van der Waals surface area contributed by atoms with Crippen LogP contribution < -0.4 is 0 Å². The van der Waals surface area contributed by atoms with Gasteiger partial charge < -0.3 is 0 Å². The zero-order valence-corrected chi connectivity index (χ0v) is 8.49. The molecule has 0 amide bonds. The zero-order chi connectivity index (χ0) is 12.2. The Morgan fingerprint density at radius 3 is 2.25 bits per heavy atom. The van der Waals surface area contributed by atoms with Crippen LogP contribution in [0.2, 0.25) is 0 Å². The first-order valence-electron chi connectivity index (χ1n) is 3.91. The topological polar surface area (TPSA) is 55.7 Å². The average Bonchev–Trinajstić information content (AvgIpc) is 2.17. The van der Waals surface area contributed by atoms with Crippen LogP contribution in [0.1, 0.15) is 5.56 Å². The van der Waals surface area contributed by atoms with Gasteiger partial charge in [0.05, 0.1) is 6.21 Å². The van der Waals surface area contributed by atoms with Crippen LogP contribution in [-0.4, -0.2) is 20.1 Å². The van der Waals surface area contributed by atoms with Gasteiger partial charge in [-0.15, -0.1) is 0 Å². The van der Waals surface area contributed by atoms with E-state index in [1.807, 2.05) is 0 Å². The molecule has 0 aliphatic heterocycles. The summed E-state index contributed by atoms with van der Waals surface area (Å²) in [7, 11) is -5.67. The zero-order valence-electron chi connectivity index (χ0n) is 7.68. The van der Waals surface area contributed by atoms with Gasteiger partial charge in [-0.05, 0) is 5.56 Å². The number of benzene rings is 1. The van der Waals surface area contributed by atoms with E-state index < -0.39 is 15.6 Å². The molecule has 4 nitrogen and oxygen atoms in total. The van der Waals surface area contributed by atoms with Gasteiger partial charge in [-0.1, -0.05) is 35.5 Å². The molecule has 88 valence electrons. The molecule has 0 N–H and O–H groups in total. The summed E-state index contributed by atoms with van der Waals surface area (Å²) >= 11 is 0. The molecular weight excluding hydrogens is 247 g/mol. The number of hydrogen-bond donors (Lipinski definition) is 0. The Morgan fingerprint density at radius 2 is 1.75 bits per heavy atom. The fourth-order valence-corrected chi connectivity index (χ4v) is 0.961. The predicted octanol–water partition coefficient (Wildman–Crippen LogP) is 1.89. The van der Waals surface area contributed by atoms with Gasteiger partial charge in [0, 0.05) is 0 Å². The van der Waals surface area contributed by atoms with Crippen molar-refractivity contribution in [3.63, 3.8) is 0 Å². The van der Waals surface area contributed by atoms with Gasteiger partial charge in [-0.2, -0.15) is 21.6 Å². The van der Waals surface area contributed by atoms with E-state index in [0.29, 0.717) is 5.56 Å². The molecule has 1 rings (SSSR count). The molecule has 1 aromatic rings. The number of alkyl halides is 3. The molecule has 1 aromatic carbocycles. The molecule has 0 heterocycles. The first kappa shape index (κ1) is 12.5. The van der Waals surface area contributed by atoms with Crippen molar-refractivity contribution in [2.45, 2.75) is 5.51 Å². The van der Waals surface area contributed by atoms with Gasteiger partial charge in [0.1, 0.15) is 0 Å². The van der Waals surface area contributed by atoms with Gasteiger partial charge >= 0.3 is 15.6 Å². The van der Waals surface area contributed by atoms with Gasteiger partial charge in [0.2, 0.25) is 0 Å². The minimum atomic E-state index is -5.67. The molecule has 0 spiro atoms. The molecule has 0 saturated heterocycles. The Kier molecular flexibility index (Phi) is 3.53. The summed E-state index contributed by atoms with van der Waals surface area (Å²) in [5.41, 5.74) is -5.05. The SMILES string of the molecule is O=S(=O)(ON=Cc1ccccc1)C(F)(F)F. The largest absolute Gasteiger partial charge is 0.536 e. The number of rotatable bonds is 3. The highest BCUT2D eigenvalue weighted by molar-refractivity contribution is 7.87. The van der Waals surface area contributed by atoms with Gasteiger partial charge in [-0.25, -0.2) is 0 Å². The van der Waals surface area contributed by atoms with Crippen molar-refractivity contribution >= 4 is 16.3 Å². The second-order valence-electron chi connectivity index (χ2n) is 2.62. The average molecular weight is 253 g/mol. The number of nitrogens with zero attached hydrogens (tertiary/aromatic N) is 1. The van der Waals surface area contributed by atoms with Crippen LogP contribution in [0.3, 0.4) is 0 Å². The quantitative estimate of drug-likeness (QED) is 0.469. The molecule has 16 heavy (non-hydrogen) atoms. The maximum Gasteiger partial charge on any atom is 0.536 e. The molecule has 0 saturated carbocycles. The third-order valence-corrected chi connectivity index (χ3v) is 2.28. The van der Waals surface area contributed by atoms with Crippen LogP contribution in [-0.2, 0) is 14.4 Å². The van der Waals surface area contributed by atoms with Crippen molar-refractivity contribution in [3.05, 3.63) is 35.9 Å². The Labute approximate surface area is 89.5 Å². The fourth-order valence-electron chi connectivity index (χ4n) is 0.720. The number of hydrogen-bond acceptors (Lipinski definition) is 4. The lowest BCUT2D eigenvalue weighted by Crippen LogP contribution is -2.23. The van der Waals surface area contributed by atoms with Crippen LogP contribution in [0.4, 0.5) is 13.2 Å². The Bertz CT molecular complexity index is 467. The third-order valence-electron chi connectivity index (χ3n) is 1.43. The van der Waals surface area contributed by atoms with Crippen LogP contribution in [0.15, 0.2) is 35.5 Å². The van der Waals surface area contributed by atoms with Crippen LogP contribution in [0, 0.1) is 0 Å². The van der Waals surface area contributed by atoms with Crippen molar-refractivity contribution in [2.24, 2.45) is 5.16 Å². The van der Waals surface area contributed by atoms with E-state index in [2.05, 4.69) is 9.44 Å². The molecular formula is C8H6F3NO3S. The van der Waals surface area contributed by atoms with Gasteiger partial charge in [0.15, 0.2) is 0 Å². The third kappa shape index (κ3) is 3.23. The fraction of sp³-hybridized carbons (Fsp3) is 0.125. The maximum absolute atomic E-state index is 11.8. The molecule has 0 unspecified atom stereocenters. The lowest BCUT2D eigenvalue weighted by atomic mass is 10.2. The highest BCUT2D eigenvalue weighted by Gasteiger charge is 2.48. The normalized spacial score (nSPS) is 12.9. The minimum absolute atomic E-state index is 0.417. The number of halogens is 3. The van der Waals surface area contributed by atoms with Crippen LogP contribution >= 0.6 is 0 Å². The highest BCUT2D eigenvalue weighted by atomic mass is 32.2. The van der Waals surface area contributed by atoms with Crippen molar-refractivity contribution < 1.29 is 25.9 Å². The first-order valence-corrected chi connectivity index (χ1v) is 5.32. The highest BCUT2D eigenvalue weighted by Crippen LogP contribution is 2.24. The van der Waals surface area contributed by atoms with Crippen LogP contribution in [0.5, 0.6) is 0 Å². The lowest BCUT2D eigenvalue weighted by Gasteiger charge is -2.03. The maximum atomic E-state index is 11.8. The second-order valence-corrected chi connectivity index (χ2v) is 4.14. The van der Waals surface area contributed by atoms with Crippen molar-refractivity contribution in [3.8, 4) is 0 Å². The Morgan fingerprint density at radius 1 is 1.19 bits per heavy atom. The standard InChI is InChI=1S/C8H6F3NO3S/c9-8(10,11)16(13,14)15-12-6-7-4-2-1-3-5-7/h1-6H. The summed E-state index contributed by atoms with van der Waals surface area (Å²) in [5.74, 6) is 0. The summed E-state index contributed by atoms with van der Waals surface area (Å²) in [6, 6.07) is 7.95. The van der Waals surface area contributed by atoms with E-state index in [-0.39, 0.29) is 0 Å². The van der Waals surface area contributed by atoms with Crippen molar-refractivity contribution in [1.29, 1.82) is 0 Å². The lowest BCUT2D eigenvalue weighted by molar-refractivity contribution is -0.0540. The van der Waals surface area contributed by atoms with Gasteiger partial charge in [-0.3, -0.25) is 4.28 Å². The summed E-state index contributed by atoms with van der Waals surface area (Å²) in [6.07, 6.45) is 0.864. The van der Waals surface area contributed by atoms with Crippen LogP contribution in [0.25, 0.3) is 0 Å². The molecule has 0 aromatic heterocycles. The minimum Gasteiger partial charge on any atom is -0.262 e. The molecule has 8 heteroatoms. The van der Waals surface area contributed by atoms with Crippen molar-refractivity contribution in [2.75, 3.05) is 0 Å². The predicted molar refractivity (Wildman–Crippen MR) is 50.1 cm³/mol. The van der Waals surface area contributed by atoms with Crippen molar-refractivity contribution in [1.82, 2.24) is 0 Å². The summed E-state index contributed by atoms with van der Waals surface area (Å²) in [6.45, 7) is 0.